The van der Waals surface area contributed by atoms with E-state index in [0.29, 0.717) is 44.2 Å². The molecular formula is C18H29FIN3O3. The molecule has 1 atom stereocenters. The van der Waals surface area contributed by atoms with Crippen LogP contribution < -0.4 is 15.4 Å². The lowest BCUT2D eigenvalue weighted by Crippen LogP contribution is -2.42. The highest BCUT2D eigenvalue weighted by Crippen LogP contribution is 2.14. The van der Waals surface area contributed by atoms with Gasteiger partial charge >= 0.3 is 5.97 Å². The van der Waals surface area contributed by atoms with Gasteiger partial charge in [0, 0.05) is 26.1 Å². The number of hydrogen-bond acceptors (Lipinski definition) is 4. The van der Waals surface area contributed by atoms with Crippen molar-refractivity contribution < 1.29 is 18.7 Å². The molecule has 0 aliphatic rings. The Morgan fingerprint density at radius 3 is 2.69 bits per heavy atom. The monoisotopic (exact) mass is 481 g/mol. The molecule has 0 amide bonds. The maximum Gasteiger partial charge on any atom is 0.305 e. The number of halogens is 2. The Bertz CT molecular complexity index is 558. The van der Waals surface area contributed by atoms with Crippen molar-refractivity contribution in [1.82, 2.24) is 10.6 Å². The minimum absolute atomic E-state index is 0. The quantitative estimate of drug-likeness (QED) is 0.177. The number of carbonyl (C=O) groups is 1. The fourth-order valence-corrected chi connectivity index (χ4v) is 2.11. The lowest BCUT2D eigenvalue weighted by Gasteiger charge is -2.20. The summed E-state index contributed by atoms with van der Waals surface area (Å²) < 4.78 is 23.9. The van der Waals surface area contributed by atoms with Gasteiger partial charge in [-0.1, -0.05) is 13.0 Å². The second kappa shape index (κ2) is 14.6. The Morgan fingerprint density at radius 1 is 1.31 bits per heavy atom. The maximum absolute atomic E-state index is 13.2. The van der Waals surface area contributed by atoms with Crippen LogP contribution in [0.15, 0.2) is 29.3 Å². The number of ether oxygens (including phenoxy) is 2. The Labute approximate surface area is 172 Å². The van der Waals surface area contributed by atoms with Crippen LogP contribution in [0.2, 0.25) is 0 Å². The van der Waals surface area contributed by atoms with Gasteiger partial charge in [0.05, 0.1) is 13.2 Å². The van der Waals surface area contributed by atoms with E-state index < -0.39 is 0 Å². The number of nitrogens with one attached hydrogen (secondary N) is 2. The summed E-state index contributed by atoms with van der Waals surface area (Å²) in [5.41, 5.74) is 0. The van der Waals surface area contributed by atoms with Gasteiger partial charge in [0.2, 0.25) is 0 Å². The zero-order valence-electron chi connectivity index (χ0n) is 15.6. The molecule has 148 valence electrons. The van der Waals surface area contributed by atoms with E-state index in [1.54, 1.807) is 26.1 Å². The zero-order chi connectivity index (χ0) is 18.5. The van der Waals surface area contributed by atoms with Crippen molar-refractivity contribution in [1.29, 1.82) is 0 Å². The Hall–Kier alpha value is -1.58. The zero-order valence-corrected chi connectivity index (χ0v) is 17.9. The number of aliphatic imine (C=N–C) groups is 1. The summed E-state index contributed by atoms with van der Waals surface area (Å²) in [4.78, 5) is 15.4. The molecule has 0 spiro atoms. The van der Waals surface area contributed by atoms with Gasteiger partial charge in [-0.3, -0.25) is 9.79 Å². The fourth-order valence-electron chi connectivity index (χ4n) is 2.11. The largest absolute Gasteiger partial charge is 0.489 e. The van der Waals surface area contributed by atoms with Gasteiger partial charge in [0.15, 0.2) is 5.96 Å². The number of nitrogens with zero attached hydrogens (tertiary/aromatic N) is 1. The van der Waals surface area contributed by atoms with Crippen molar-refractivity contribution in [3.8, 4) is 5.75 Å². The summed E-state index contributed by atoms with van der Waals surface area (Å²) in [6.45, 7) is 5.34. The first-order valence-electron chi connectivity index (χ1n) is 8.61. The minimum atomic E-state index is -0.320. The predicted molar refractivity (Wildman–Crippen MR) is 112 cm³/mol. The molecule has 0 aromatic heterocycles. The van der Waals surface area contributed by atoms with Crippen molar-refractivity contribution >= 4 is 35.9 Å². The van der Waals surface area contributed by atoms with Gasteiger partial charge in [0.25, 0.3) is 0 Å². The molecule has 1 aromatic rings. The van der Waals surface area contributed by atoms with Gasteiger partial charge in [-0.2, -0.15) is 0 Å². The van der Waals surface area contributed by atoms with Crippen LogP contribution >= 0.6 is 24.0 Å². The van der Waals surface area contributed by atoms with E-state index in [4.69, 9.17) is 9.47 Å². The van der Waals surface area contributed by atoms with Gasteiger partial charge in [-0.05, 0) is 31.9 Å². The molecule has 0 heterocycles. The van der Waals surface area contributed by atoms with E-state index in [9.17, 15) is 9.18 Å². The molecule has 0 fully saturated rings. The average Bonchev–Trinajstić information content (AvgIpc) is 2.60. The summed E-state index contributed by atoms with van der Waals surface area (Å²) in [6, 6.07) is 6.10. The van der Waals surface area contributed by atoms with Gasteiger partial charge < -0.3 is 20.1 Å². The summed E-state index contributed by atoms with van der Waals surface area (Å²) >= 11 is 0. The van der Waals surface area contributed by atoms with Crippen molar-refractivity contribution in [2.75, 3.05) is 26.7 Å². The smallest absolute Gasteiger partial charge is 0.305 e. The van der Waals surface area contributed by atoms with Crippen LogP contribution in [0.4, 0.5) is 4.39 Å². The highest BCUT2D eigenvalue weighted by molar-refractivity contribution is 14.0. The summed E-state index contributed by atoms with van der Waals surface area (Å²) in [5, 5.41) is 6.31. The normalized spacial score (nSPS) is 11.9. The molecule has 2 N–H and O–H groups in total. The number of guanidine groups is 1. The Kier molecular flexibility index (Phi) is 13.7. The summed E-state index contributed by atoms with van der Waals surface area (Å²) in [5.74, 6) is 0.623. The van der Waals surface area contributed by atoms with E-state index in [1.165, 1.54) is 12.1 Å². The molecule has 6 nitrogen and oxygen atoms in total. The molecule has 1 aromatic carbocycles. The molecule has 1 unspecified atom stereocenters. The van der Waals surface area contributed by atoms with Crippen molar-refractivity contribution in [3.05, 3.63) is 30.1 Å². The Balaban J connectivity index is 0.00000625. The van der Waals surface area contributed by atoms with Crippen molar-refractivity contribution in [2.45, 2.75) is 39.2 Å². The van der Waals surface area contributed by atoms with E-state index in [2.05, 4.69) is 15.6 Å². The molecule has 8 heteroatoms. The van der Waals surface area contributed by atoms with Crippen molar-refractivity contribution in [3.63, 3.8) is 0 Å². The average molecular weight is 481 g/mol. The third-order valence-electron chi connectivity index (χ3n) is 3.43. The Morgan fingerprint density at radius 2 is 2.08 bits per heavy atom. The molecule has 0 saturated heterocycles. The number of esters is 1. The first-order chi connectivity index (χ1) is 12.1. The molecular weight excluding hydrogens is 452 g/mol. The van der Waals surface area contributed by atoms with Crippen LogP contribution in [0, 0.1) is 5.82 Å². The topological polar surface area (TPSA) is 72.0 Å². The second-order valence-corrected chi connectivity index (χ2v) is 5.39. The van der Waals surface area contributed by atoms with Crippen LogP contribution in [0.1, 0.15) is 33.1 Å². The molecule has 0 aliphatic heterocycles. The van der Waals surface area contributed by atoms with Gasteiger partial charge in [0.1, 0.15) is 17.7 Å². The molecule has 1 rings (SSSR count). The first kappa shape index (κ1) is 24.4. The number of carbonyl (C=O) groups excluding carboxylic acids is 1. The van der Waals surface area contributed by atoms with Crippen LogP contribution in [-0.2, 0) is 9.53 Å². The fraction of sp³-hybridized carbons (Fsp3) is 0.556. The molecule has 0 radical (unpaired) electrons. The van der Waals surface area contributed by atoms with Crippen molar-refractivity contribution in [2.24, 2.45) is 4.99 Å². The SMILES string of the molecule is CCOC(=O)CCCNC(=NC)NCC(CC)Oc1cccc(F)c1.I. The van der Waals surface area contributed by atoms with Crippen LogP contribution in [0.3, 0.4) is 0 Å². The van der Waals surface area contributed by atoms with E-state index in [-0.39, 0.29) is 41.9 Å². The van der Waals surface area contributed by atoms with E-state index in [1.807, 2.05) is 6.92 Å². The molecule has 0 aliphatic carbocycles. The lowest BCUT2D eigenvalue weighted by molar-refractivity contribution is -0.143. The third-order valence-corrected chi connectivity index (χ3v) is 3.43. The summed E-state index contributed by atoms with van der Waals surface area (Å²) in [6.07, 6.45) is 1.69. The standard InChI is InChI=1S/C18H28FN3O3.HI/c1-4-15(25-16-9-6-8-14(19)12-16)13-22-18(20-3)21-11-7-10-17(23)24-5-2;/h6,8-9,12,15H,4-5,7,10-11,13H2,1-3H3,(H2,20,21,22);1H. The maximum atomic E-state index is 13.2. The van der Waals surface area contributed by atoms with Crippen LogP contribution in [-0.4, -0.2) is 44.8 Å². The minimum Gasteiger partial charge on any atom is -0.489 e. The first-order valence-corrected chi connectivity index (χ1v) is 8.61. The molecule has 26 heavy (non-hydrogen) atoms. The van der Waals surface area contributed by atoms with Crippen LogP contribution in [0.5, 0.6) is 5.75 Å². The predicted octanol–water partition coefficient (Wildman–Crippen LogP) is 3.11. The van der Waals surface area contributed by atoms with Crippen LogP contribution in [0.25, 0.3) is 0 Å². The number of benzene rings is 1. The lowest BCUT2D eigenvalue weighted by atomic mass is 10.2. The van der Waals surface area contributed by atoms with E-state index in [0.717, 1.165) is 6.42 Å². The number of rotatable bonds is 10. The third kappa shape index (κ3) is 10.4. The number of hydrogen-bond donors (Lipinski definition) is 2. The van der Waals surface area contributed by atoms with E-state index >= 15 is 0 Å². The summed E-state index contributed by atoms with van der Waals surface area (Å²) in [7, 11) is 1.68. The molecule has 0 bridgehead atoms. The molecule has 0 saturated carbocycles. The highest BCUT2D eigenvalue weighted by Gasteiger charge is 2.10. The highest BCUT2D eigenvalue weighted by atomic mass is 127. The second-order valence-electron chi connectivity index (χ2n) is 5.39. The van der Waals surface area contributed by atoms with Gasteiger partial charge in [-0.25, -0.2) is 4.39 Å². The van der Waals surface area contributed by atoms with Gasteiger partial charge in [-0.15, -0.1) is 24.0 Å².